The summed E-state index contributed by atoms with van der Waals surface area (Å²) in [5.41, 5.74) is 1.22. The largest absolute Gasteiger partial charge is 0.491 e. The van der Waals surface area contributed by atoms with Crippen LogP contribution in [0, 0.1) is 0 Å². The zero-order chi connectivity index (χ0) is 15.7. The highest BCUT2D eigenvalue weighted by Gasteiger charge is 2.08. The minimum atomic E-state index is 0.313. The standard InChI is InChI=1S/C16H25Br2NO2/c1-4-7-21-16-14(17)9-13(10-15(16)18)11-19-6-5-8-20-12(2)3/h9-10,12,19H,4-8,11H2,1-3H3. The second-order valence-electron chi connectivity index (χ2n) is 5.19. The molecular weight excluding hydrogens is 398 g/mol. The highest BCUT2D eigenvalue weighted by Crippen LogP contribution is 2.34. The average Bonchev–Trinajstić information content (AvgIpc) is 2.41. The zero-order valence-corrected chi connectivity index (χ0v) is 16.2. The maximum Gasteiger partial charge on any atom is 0.147 e. The van der Waals surface area contributed by atoms with E-state index in [0.29, 0.717) is 6.10 Å². The Morgan fingerprint density at radius 2 is 1.81 bits per heavy atom. The van der Waals surface area contributed by atoms with Crippen LogP contribution in [0.3, 0.4) is 0 Å². The molecule has 21 heavy (non-hydrogen) atoms. The summed E-state index contributed by atoms with van der Waals surface area (Å²) < 4.78 is 13.2. The predicted octanol–water partition coefficient (Wildman–Crippen LogP) is 4.91. The van der Waals surface area contributed by atoms with E-state index in [1.54, 1.807) is 0 Å². The van der Waals surface area contributed by atoms with Gasteiger partial charge in [0.05, 0.1) is 21.7 Å². The van der Waals surface area contributed by atoms with Crippen molar-refractivity contribution < 1.29 is 9.47 Å². The van der Waals surface area contributed by atoms with Gasteiger partial charge < -0.3 is 14.8 Å². The number of ether oxygens (including phenoxy) is 2. The summed E-state index contributed by atoms with van der Waals surface area (Å²) in [6.07, 6.45) is 2.34. The van der Waals surface area contributed by atoms with Crippen molar-refractivity contribution in [3.63, 3.8) is 0 Å². The molecule has 1 N–H and O–H groups in total. The maximum absolute atomic E-state index is 5.72. The van der Waals surface area contributed by atoms with Crippen LogP contribution in [0.15, 0.2) is 21.1 Å². The quantitative estimate of drug-likeness (QED) is 0.543. The number of nitrogens with one attached hydrogen (secondary N) is 1. The molecule has 0 fully saturated rings. The fourth-order valence-corrected chi connectivity index (χ4v) is 3.32. The lowest BCUT2D eigenvalue weighted by Gasteiger charge is -2.12. The smallest absolute Gasteiger partial charge is 0.147 e. The lowest BCUT2D eigenvalue weighted by molar-refractivity contribution is 0.0770. The van der Waals surface area contributed by atoms with Crippen molar-refractivity contribution in [2.75, 3.05) is 19.8 Å². The van der Waals surface area contributed by atoms with Gasteiger partial charge in [-0.25, -0.2) is 0 Å². The second-order valence-corrected chi connectivity index (χ2v) is 6.90. The van der Waals surface area contributed by atoms with Crippen LogP contribution in [-0.2, 0) is 11.3 Å². The predicted molar refractivity (Wildman–Crippen MR) is 95.0 cm³/mol. The highest BCUT2D eigenvalue weighted by molar-refractivity contribution is 9.11. The fraction of sp³-hybridized carbons (Fsp3) is 0.625. The van der Waals surface area contributed by atoms with Gasteiger partial charge in [-0.1, -0.05) is 6.92 Å². The summed E-state index contributed by atoms with van der Waals surface area (Å²) in [6.45, 7) is 9.55. The lowest BCUT2D eigenvalue weighted by atomic mass is 10.2. The van der Waals surface area contributed by atoms with Gasteiger partial charge in [0.2, 0.25) is 0 Å². The molecule has 0 heterocycles. The molecule has 1 rings (SSSR count). The Hall–Kier alpha value is -0.100. The van der Waals surface area contributed by atoms with Crippen LogP contribution >= 0.6 is 31.9 Å². The van der Waals surface area contributed by atoms with Crippen molar-refractivity contribution in [1.82, 2.24) is 5.32 Å². The summed E-state index contributed by atoms with van der Waals surface area (Å²) in [5.74, 6) is 0.880. The first-order chi connectivity index (χ1) is 10.0. The second kappa shape index (κ2) is 10.6. The van der Waals surface area contributed by atoms with Crippen molar-refractivity contribution in [2.24, 2.45) is 0 Å². The van der Waals surface area contributed by atoms with Crippen LogP contribution in [0.4, 0.5) is 0 Å². The van der Waals surface area contributed by atoms with Crippen LogP contribution in [0.25, 0.3) is 0 Å². The molecule has 0 aliphatic rings. The van der Waals surface area contributed by atoms with E-state index in [1.807, 2.05) is 0 Å². The molecule has 0 aliphatic heterocycles. The molecule has 0 unspecified atom stereocenters. The number of benzene rings is 1. The van der Waals surface area contributed by atoms with Crippen LogP contribution in [0.5, 0.6) is 5.75 Å². The first kappa shape index (κ1) is 18.9. The van der Waals surface area contributed by atoms with E-state index in [4.69, 9.17) is 9.47 Å². The van der Waals surface area contributed by atoms with Crippen molar-refractivity contribution in [3.8, 4) is 5.75 Å². The van der Waals surface area contributed by atoms with Gasteiger partial charge in [0.1, 0.15) is 5.75 Å². The molecule has 0 aliphatic carbocycles. The molecule has 1 aromatic carbocycles. The van der Waals surface area contributed by atoms with Gasteiger partial charge >= 0.3 is 0 Å². The molecule has 5 heteroatoms. The zero-order valence-electron chi connectivity index (χ0n) is 13.0. The van der Waals surface area contributed by atoms with Crippen LogP contribution in [-0.4, -0.2) is 25.9 Å². The molecule has 0 radical (unpaired) electrons. The van der Waals surface area contributed by atoms with Crippen molar-refractivity contribution >= 4 is 31.9 Å². The topological polar surface area (TPSA) is 30.5 Å². The van der Waals surface area contributed by atoms with E-state index in [9.17, 15) is 0 Å². The normalized spacial score (nSPS) is 11.1. The number of hydrogen-bond donors (Lipinski definition) is 1. The Kier molecular flexibility index (Phi) is 9.56. The van der Waals surface area contributed by atoms with Gasteiger partial charge in [-0.05, 0) is 82.8 Å². The Morgan fingerprint density at radius 3 is 2.38 bits per heavy atom. The molecule has 0 saturated heterocycles. The Bertz CT molecular complexity index is 402. The van der Waals surface area contributed by atoms with Gasteiger partial charge in [0, 0.05) is 13.2 Å². The van der Waals surface area contributed by atoms with Crippen LogP contribution in [0.1, 0.15) is 39.2 Å². The first-order valence-corrected chi connectivity index (χ1v) is 9.06. The summed E-state index contributed by atoms with van der Waals surface area (Å²) in [4.78, 5) is 0. The molecule has 0 saturated carbocycles. The molecule has 0 amide bonds. The third kappa shape index (κ3) is 7.63. The van der Waals surface area contributed by atoms with Crippen LogP contribution < -0.4 is 10.1 Å². The van der Waals surface area contributed by atoms with E-state index in [-0.39, 0.29) is 0 Å². The average molecular weight is 423 g/mol. The van der Waals surface area contributed by atoms with Crippen LogP contribution in [0.2, 0.25) is 0 Å². The molecule has 120 valence electrons. The van der Waals surface area contributed by atoms with Gasteiger partial charge in [-0.2, -0.15) is 0 Å². The van der Waals surface area contributed by atoms with Crippen molar-refractivity contribution in [3.05, 3.63) is 26.6 Å². The Balaban J connectivity index is 2.39. The van der Waals surface area contributed by atoms with Crippen molar-refractivity contribution in [2.45, 2.75) is 46.3 Å². The van der Waals surface area contributed by atoms with E-state index in [2.05, 4.69) is 70.1 Å². The van der Waals surface area contributed by atoms with Gasteiger partial charge in [0.15, 0.2) is 0 Å². The van der Waals surface area contributed by atoms with Gasteiger partial charge in [0.25, 0.3) is 0 Å². The van der Waals surface area contributed by atoms with Gasteiger partial charge in [-0.15, -0.1) is 0 Å². The number of halogens is 2. The Labute approximate surface area is 145 Å². The fourth-order valence-electron chi connectivity index (χ4n) is 1.81. The molecule has 0 spiro atoms. The molecule has 0 aromatic heterocycles. The molecule has 3 nitrogen and oxygen atoms in total. The molecule has 0 bridgehead atoms. The van der Waals surface area contributed by atoms with E-state index in [0.717, 1.165) is 53.8 Å². The summed E-state index contributed by atoms with van der Waals surface area (Å²) >= 11 is 7.15. The highest BCUT2D eigenvalue weighted by atomic mass is 79.9. The molecule has 1 aromatic rings. The van der Waals surface area contributed by atoms with Crippen molar-refractivity contribution in [1.29, 1.82) is 0 Å². The number of hydrogen-bond acceptors (Lipinski definition) is 3. The summed E-state index contributed by atoms with van der Waals surface area (Å²) in [5, 5.41) is 3.43. The third-order valence-electron chi connectivity index (χ3n) is 2.79. The maximum atomic E-state index is 5.72. The van der Waals surface area contributed by atoms with E-state index >= 15 is 0 Å². The molecule has 0 atom stereocenters. The van der Waals surface area contributed by atoms with E-state index < -0.39 is 0 Å². The van der Waals surface area contributed by atoms with Gasteiger partial charge in [-0.3, -0.25) is 0 Å². The lowest BCUT2D eigenvalue weighted by Crippen LogP contribution is -2.17. The summed E-state index contributed by atoms with van der Waals surface area (Å²) in [7, 11) is 0. The SMILES string of the molecule is CCCOc1c(Br)cc(CNCCCOC(C)C)cc1Br. The monoisotopic (exact) mass is 421 g/mol. The summed E-state index contributed by atoms with van der Waals surface area (Å²) in [6, 6.07) is 4.21. The molecular formula is C16H25Br2NO2. The minimum Gasteiger partial charge on any atom is -0.491 e. The number of rotatable bonds is 10. The minimum absolute atomic E-state index is 0.313. The van der Waals surface area contributed by atoms with E-state index in [1.165, 1.54) is 5.56 Å². The first-order valence-electron chi connectivity index (χ1n) is 7.47. The third-order valence-corrected chi connectivity index (χ3v) is 3.96. The Morgan fingerprint density at radius 1 is 1.14 bits per heavy atom.